The minimum Gasteiger partial charge on any atom is -0.395 e. The lowest BCUT2D eigenvalue weighted by molar-refractivity contribution is -0.119. The summed E-state index contributed by atoms with van der Waals surface area (Å²) < 4.78 is 8.71. The lowest BCUT2D eigenvalue weighted by Crippen LogP contribution is -2.41. The van der Waals surface area contributed by atoms with E-state index in [-0.39, 0.29) is 28.7 Å². The van der Waals surface area contributed by atoms with Gasteiger partial charge in [-0.25, -0.2) is 0 Å². The van der Waals surface area contributed by atoms with Gasteiger partial charge in [0, 0.05) is 19.3 Å². The average molecular weight is 407 g/mol. The molecule has 0 aliphatic carbocycles. The molecular formula is C18H25N5O4S. The number of nitrogens with zero attached hydrogens (tertiary/aromatic N) is 2. The number of primary amides is 1. The molecule has 28 heavy (non-hydrogen) atoms. The van der Waals surface area contributed by atoms with Crippen LogP contribution in [-0.4, -0.2) is 48.9 Å². The van der Waals surface area contributed by atoms with Crippen molar-refractivity contribution in [3.63, 3.8) is 0 Å². The number of carbonyl (C=O) groups is 3. The summed E-state index contributed by atoms with van der Waals surface area (Å²) in [5.74, 6) is -1.72. The molecule has 0 unspecified atom stereocenters. The molecule has 0 fully saturated rings. The van der Waals surface area contributed by atoms with Crippen molar-refractivity contribution in [2.45, 2.75) is 13.8 Å². The summed E-state index contributed by atoms with van der Waals surface area (Å²) in [7, 11) is 1.52. The van der Waals surface area contributed by atoms with Gasteiger partial charge in [-0.3, -0.25) is 19.3 Å². The third-order valence-corrected chi connectivity index (χ3v) is 4.25. The van der Waals surface area contributed by atoms with E-state index in [0.717, 1.165) is 11.5 Å². The van der Waals surface area contributed by atoms with Gasteiger partial charge in [0.1, 0.15) is 11.4 Å². The number of para-hydroxylation sites is 1. The van der Waals surface area contributed by atoms with E-state index in [1.165, 1.54) is 12.0 Å². The van der Waals surface area contributed by atoms with Crippen molar-refractivity contribution >= 4 is 40.6 Å². The number of ether oxygens (including phenoxy) is 1. The lowest BCUT2D eigenvalue weighted by Gasteiger charge is -2.22. The largest absolute Gasteiger partial charge is 0.395 e. The van der Waals surface area contributed by atoms with Crippen molar-refractivity contribution in [3.05, 3.63) is 40.9 Å². The number of amides is 3. The molecule has 152 valence electrons. The zero-order chi connectivity index (χ0) is 21.1. The number of benzene rings is 1. The van der Waals surface area contributed by atoms with E-state index in [1.54, 1.807) is 30.3 Å². The summed E-state index contributed by atoms with van der Waals surface area (Å²) in [6.45, 7) is 4.45. The van der Waals surface area contributed by atoms with Crippen molar-refractivity contribution in [1.29, 1.82) is 0 Å². The third kappa shape index (κ3) is 6.03. The van der Waals surface area contributed by atoms with Crippen LogP contribution in [0, 0.1) is 0 Å². The topological polar surface area (TPSA) is 141 Å². The number of hydrogen-bond donors (Lipinski definition) is 3. The van der Waals surface area contributed by atoms with Crippen LogP contribution in [0.3, 0.4) is 0 Å². The third-order valence-electron chi connectivity index (χ3n) is 3.40. The number of nitrogen functional groups attached to an aromatic ring is 1. The van der Waals surface area contributed by atoms with Gasteiger partial charge in [0.25, 0.3) is 11.8 Å². The fourth-order valence-corrected chi connectivity index (χ4v) is 2.89. The van der Waals surface area contributed by atoms with E-state index < -0.39 is 11.8 Å². The van der Waals surface area contributed by atoms with Gasteiger partial charge in [0.05, 0.1) is 12.3 Å². The highest BCUT2D eigenvalue weighted by Crippen LogP contribution is 2.25. The Morgan fingerprint density at radius 1 is 1.21 bits per heavy atom. The van der Waals surface area contributed by atoms with Gasteiger partial charge in [-0.1, -0.05) is 32.0 Å². The quantitative estimate of drug-likeness (QED) is 0.563. The molecule has 2 aromatic rings. The van der Waals surface area contributed by atoms with Crippen LogP contribution in [0.15, 0.2) is 30.3 Å². The van der Waals surface area contributed by atoms with Crippen LogP contribution in [0.2, 0.25) is 0 Å². The van der Waals surface area contributed by atoms with Gasteiger partial charge in [-0.15, -0.1) is 0 Å². The Morgan fingerprint density at radius 2 is 1.86 bits per heavy atom. The molecule has 0 saturated heterocycles. The summed E-state index contributed by atoms with van der Waals surface area (Å²) in [6, 6.07) is 8.64. The predicted octanol–water partition coefficient (Wildman–Crippen LogP) is 1.26. The second-order valence-corrected chi connectivity index (χ2v) is 5.98. The first-order valence-corrected chi connectivity index (χ1v) is 9.40. The zero-order valence-corrected chi connectivity index (χ0v) is 16.9. The smallest absolute Gasteiger partial charge is 0.272 e. The van der Waals surface area contributed by atoms with Crippen LogP contribution in [0.4, 0.5) is 11.4 Å². The van der Waals surface area contributed by atoms with Crippen molar-refractivity contribution in [1.82, 2.24) is 9.69 Å². The molecule has 0 aliphatic rings. The first-order chi connectivity index (χ1) is 13.5. The highest BCUT2D eigenvalue weighted by molar-refractivity contribution is 7.09. The second-order valence-electron chi connectivity index (χ2n) is 5.21. The molecule has 0 aliphatic heterocycles. The molecule has 1 heterocycles. The zero-order valence-electron chi connectivity index (χ0n) is 16.1. The minimum atomic E-state index is -0.818. The molecule has 0 bridgehead atoms. The molecule has 0 atom stereocenters. The van der Waals surface area contributed by atoms with E-state index in [2.05, 4.69) is 9.69 Å². The van der Waals surface area contributed by atoms with Crippen molar-refractivity contribution in [2.75, 3.05) is 37.4 Å². The number of anilines is 2. The fraction of sp³-hybridized carbons (Fsp3) is 0.333. The summed E-state index contributed by atoms with van der Waals surface area (Å²) in [5, 5.41) is 2.65. The summed E-state index contributed by atoms with van der Waals surface area (Å²) >= 11 is 0.765. The number of rotatable bonds is 8. The number of aromatic nitrogens is 1. The summed E-state index contributed by atoms with van der Waals surface area (Å²) in [5.41, 5.74) is 11.3. The highest BCUT2D eigenvalue weighted by Gasteiger charge is 2.27. The molecule has 9 nitrogen and oxygen atoms in total. The van der Waals surface area contributed by atoms with Gasteiger partial charge in [0.2, 0.25) is 5.91 Å². The lowest BCUT2D eigenvalue weighted by atomic mass is 10.2. The molecule has 3 amide bonds. The van der Waals surface area contributed by atoms with E-state index in [4.69, 9.17) is 16.2 Å². The van der Waals surface area contributed by atoms with Gasteiger partial charge in [-0.05, 0) is 23.7 Å². The molecule has 1 aromatic heterocycles. The molecule has 2 rings (SSSR count). The second kappa shape index (κ2) is 11.7. The minimum absolute atomic E-state index is 0.0485. The van der Waals surface area contributed by atoms with Gasteiger partial charge >= 0.3 is 0 Å². The van der Waals surface area contributed by atoms with Crippen LogP contribution in [0.5, 0.6) is 0 Å². The number of nitrogens with two attached hydrogens (primary N) is 2. The van der Waals surface area contributed by atoms with Gasteiger partial charge in [-0.2, -0.15) is 4.37 Å². The Kier molecular flexibility index (Phi) is 9.61. The van der Waals surface area contributed by atoms with E-state index in [0.29, 0.717) is 18.8 Å². The molecule has 10 heteroatoms. The van der Waals surface area contributed by atoms with Crippen LogP contribution in [0.1, 0.15) is 34.0 Å². The molecular weight excluding hydrogens is 382 g/mol. The van der Waals surface area contributed by atoms with Gasteiger partial charge in [0.15, 0.2) is 5.69 Å². The number of nitrogens with one attached hydrogen (secondary N) is 1. The Balaban J connectivity index is 0.00000190. The first kappa shape index (κ1) is 23.1. The van der Waals surface area contributed by atoms with E-state index in [9.17, 15) is 14.4 Å². The fourth-order valence-electron chi connectivity index (χ4n) is 2.13. The molecule has 1 aromatic carbocycles. The van der Waals surface area contributed by atoms with E-state index in [1.807, 2.05) is 13.8 Å². The van der Waals surface area contributed by atoms with E-state index >= 15 is 0 Å². The number of methoxy groups -OCH3 is 1. The number of hydrogen-bond acceptors (Lipinski definition) is 7. The van der Waals surface area contributed by atoms with Gasteiger partial charge < -0.3 is 21.5 Å². The van der Waals surface area contributed by atoms with Crippen LogP contribution in [0.25, 0.3) is 0 Å². The standard InChI is InChI=1S/C16H19N5O4S.C2H6/c1-25-8-7-19-11(22)9-21(10-5-3-2-4-6-10)16(24)14-12(17)13(15(18)23)20-26-14;1-2/h2-6H,7-9,17H2,1H3,(H2,18,23)(H,19,22);1-2H3. The number of carbonyl (C=O) groups excluding carboxylic acids is 3. The summed E-state index contributed by atoms with van der Waals surface area (Å²) in [4.78, 5) is 37.7. The Morgan fingerprint density at radius 3 is 2.39 bits per heavy atom. The summed E-state index contributed by atoms with van der Waals surface area (Å²) in [6.07, 6.45) is 0. The molecule has 0 radical (unpaired) electrons. The molecule has 0 spiro atoms. The van der Waals surface area contributed by atoms with Crippen LogP contribution in [-0.2, 0) is 9.53 Å². The normalized spacial score (nSPS) is 9.82. The van der Waals surface area contributed by atoms with Crippen LogP contribution < -0.4 is 21.7 Å². The molecule has 0 saturated carbocycles. The Bertz CT molecular complexity index is 795. The maximum Gasteiger partial charge on any atom is 0.272 e. The Labute approximate surface area is 167 Å². The van der Waals surface area contributed by atoms with Crippen LogP contribution >= 0.6 is 11.5 Å². The maximum absolute atomic E-state index is 12.9. The van der Waals surface area contributed by atoms with Crippen molar-refractivity contribution < 1.29 is 19.1 Å². The van der Waals surface area contributed by atoms with Crippen molar-refractivity contribution in [3.8, 4) is 0 Å². The van der Waals surface area contributed by atoms with Crippen molar-refractivity contribution in [2.24, 2.45) is 5.73 Å². The first-order valence-electron chi connectivity index (χ1n) is 8.63. The average Bonchev–Trinajstić information content (AvgIpc) is 3.09. The Hall–Kier alpha value is -2.98. The predicted molar refractivity (Wildman–Crippen MR) is 109 cm³/mol. The SMILES string of the molecule is CC.COCCNC(=O)CN(C(=O)c1snc(C(N)=O)c1N)c1ccccc1. The highest BCUT2D eigenvalue weighted by atomic mass is 32.1. The maximum atomic E-state index is 12.9. The molecule has 5 N–H and O–H groups in total. The monoisotopic (exact) mass is 407 g/mol.